The quantitative estimate of drug-likeness (QED) is 0.894. The maximum Gasteiger partial charge on any atom is 0.0787 e. The molecule has 1 aliphatic carbocycles. The summed E-state index contributed by atoms with van der Waals surface area (Å²) in [5, 5.41) is 14.1. The topological polar surface area (TPSA) is 32.3 Å². The van der Waals surface area contributed by atoms with Gasteiger partial charge in [0.25, 0.3) is 0 Å². The normalized spacial score (nSPS) is 22.5. The summed E-state index contributed by atoms with van der Waals surface area (Å²) in [5.74, 6) is 2.18. The van der Waals surface area contributed by atoms with Gasteiger partial charge in [-0.05, 0) is 67.2 Å². The Bertz CT molecular complexity index is 468. The predicted octanol–water partition coefficient (Wildman–Crippen LogP) is 3.08. The molecule has 1 unspecified atom stereocenters. The maximum absolute atomic E-state index is 10.5. The minimum atomic E-state index is -0.490. The summed E-state index contributed by atoms with van der Waals surface area (Å²) < 4.78 is 0. The molecule has 0 aromatic heterocycles. The van der Waals surface area contributed by atoms with Gasteiger partial charge in [0.2, 0.25) is 0 Å². The molecule has 1 atom stereocenters. The molecule has 2 N–H and O–H groups in total. The lowest BCUT2D eigenvalue weighted by molar-refractivity contribution is 0.0300. The van der Waals surface area contributed by atoms with Crippen LogP contribution in [0.1, 0.15) is 48.9 Å². The number of thioether (sulfide) groups is 1. The van der Waals surface area contributed by atoms with Crippen molar-refractivity contribution in [2.45, 2.75) is 50.7 Å². The number of aryl methyl sites for hydroxylation is 2. The first-order valence-corrected chi connectivity index (χ1v) is 8.97. The fourth-order valence-corrected chi connectivity index (χ4v) is 4.50. The first-order valence-electron chi connectivity index (χ1n) is 7.82. The highest BCUT2D eigenvalue weighted by atomic mass is 32.2. The number of hydrogen-bond acceptors (Lipinski definition) is 3. The summed E-state index contributed by atoms with van der Waals surface area (Å²) >= 11 is 1.95. The van der Waals surface area contributed by atoms with Gasteiger partial charge < -0.3 is 10.4 Å². The van der Waals surface area contributed by atoms with Gasteiger partial charge in [-0.15, -0.1) is 0 Å². The molecule has 1 aromatic rings. The van der Waals surface area contributed by atoms with Crippen molar-refractivity contribution in [2.75, 3.05) is 18.1 Å². The summed E-state index contributed by atoms with van der Waals surface area (Å²) in [6, 6.07) is 7.23. The molecule has 1 aromatic carbocycles. The van der Waals surface area contributed by atoms with Crippen molar-refractivity contribution in [1.29, 1.82) is 0 Å². The fourth-order valence-electron chi connectivity index (χ4n) is 3.25. The third kappa shape index (κ3) is 3.21. The molecule has 1 heterocycles. The van der Waals surface area contributed by atoms with Gasteiger partial charge in [0.15, 0.2) is 0 Å². The highest BCUT2D eigenvalue weighted by Crippen LogP contribution is 2.28. The molecular formula is C17H25NOS. The van der Waals surface area contributed by atoms with E-state index >= 15 is 0 Å². The van der Waals surface area contributed by atoms with Crippen LogP contribution < -0.4 is 5.32 Å². The first kappa shape index (κ1) is 14.4. The molecule has 0 saturated carbocycles. The summed E-state index contributed by atoms with van der Waals surface area (Å²) in [6.45, 7) is 2.92. The van der Waals surface area contributed by atoms with Crippen LogP contribution in [-0.4, -0.2) is 28.8 Å². The van der Waals surface area contributed by atoms with Crippen LogP contribution >= 0.6 is 11.8 Å². The largest absolute Gasteiger partial charge is 0.389 e. The second kappa shape index (κ2) is 6.08. The predicted molar refractivity (Wildman–Crippen MR) is 86.4 cm³/mol. The lowest BCUT2D eigenvalue weighted by atomic mass is 9.95. The van der Waals surface area contributed by atoms with Crippen LogP contribution in [0.15, 0.2) is 18.2 Å². The van der Waals surface area contributed by atoms with Crippen molar-refractivity contribution in [3.63, 3.8) is 0 Å². The Balaban J connectivity index is 1.60. The van der Waals surface area contributed by atoms with Crippen LogP contribution in [0.5, 0.6) is 0 Å². The minimum absolute atomic E-state index is 0.319. The number of rotatable bonds is 4. The molecule has 1 aliphatic heterocycles. The molecule has 3 rings (SSSR count). The van der Waals surface area contributed by atoms with Crippen molar-refractivity contribution in [3.8, 4) is 0 Å². The Kier molecular flexibility index (Phi) is 4.39. The molecule has 0 bridgehead atoms. The lowest BCUT2D eigenvalue weighted by Crippen LogP contribution is -2.44. The number of fused-ring (bicyclic) bond motifs is 1. The Hall–Kier alpha value is -0.510. The molecule has 20 heavy (non-hydrogen) atoms. The Morgan fingerprint density at radius 3 is 2.80 bits per heavy atom. The average molecular weight is 291 g/mol. The van der Waals surface area contributed by atoms with Crippen LogP contribution in [0.25, 0.3) is 0 Å². The molecular weight excluding hydrogens is 266 g/mol. The molecule has 2 nitrogen and oxygen atoms in total. The first-order chi connectivity index (χ1) is 9.66. The van der Waals surface area contributed by atoms with E-state index in [1.807, 2.05) is 11.8 Å². The Labute approximate surface area is 126 Å². The van der Waals surface area contributed by atoms with E-state index in [1.54, 1.807) is 0 Å². The van der Waals surface area contributed by atoms with Gasteiger partial charge in [-0.2, -0.15) is 11.8 Å². The van der Waals surface area contributed by atoms with Gasteiger partial charge in [-0.3, -0.25) is 0 Å². The van der Waals surface area contributed by atoms with Crippen LogP contribution in [0.4, 0.5) is 0 Å². The fraction of sp³-hybridized carbons (Fsp3) is 0.647. The molecule has 3 heteroatoms. The third-order valence-corrected chi connectivity index (χ3v) is 5.77. The van der Waals surface area contributed by atoms with Crippen molar-refractivity contribution in [3.05, 3.63) is 34.9 Å². The van der Waals surface area contributed by atoms with E-state index in [0.717, 1.165) is 24.3 Å². The van der Waals surface area contributed by atoms with Crippen molar-refractivity contribution >= 4 is 11.8 Å². The van der Waals surface area contributed by atoms with Gasteiger partial charge in [-0.25, -0.2) is 0 Å². The highest BCUT2D eigenvalue weighted by Gasteiger charge is 2.29. The van der Waals surface area contributed by atoms with E-state index in [0.29, 0.717) is 12.6 Å². The molecule has 1 fully saturated rings. The van der Waals surface area contributed by atoms with Gasteiger partial charge in [-0.1, -0.05) is 18.2 Å². The smallest absolute Gasteiger partial charge is 0.0787 e. The van der Waals surface area contributed by atoms with E-state index < -0.39 is 5.60 Å². The van der Waals surface area contributed by atoms with E-state index in [4.69, 9.17) is 0 Å². The second-order valence-electron chi connectivity index (χ2n) is 6.32. The molecule has 1 saturated heterocycles. The van der Waals surface area contributed by atoms with E-state index in [2.05, 4.69) is 30.4 Å². The minimum Gasteiger partial charge on any atom is -0.389 e. The summed E-state index contributed by atoms with van der Waals surface area (Å²) in [6.07, 6.45) is 5.62. The third-order valence-electron chi connectivity index (χ3n) is 4.78. The van der Waals surface area contributed by atoms with Gasteiger partial charge in [0.05, 0.1) is 5.60 Å². The van der Waals surface area contributed by atoms with E-state index in [1.165, 1.54) is 36.0 Å². The van der Waals surface area contributed by atoms with Gasteiger partial charge in [0, 0.05) is 12.6 Å². The van der Waals surface area contributed by atoms with Crippen molar-refractivity contribution in [1.82, 2.24) is 5.32 Å². The van der Waals surface area contributed by atoms with Crippen molar-refractivity contribution in [2.24, 2.45) is 0 Å². The number of hydrogen-bond donors (Lipinski definition) is 2. The molecule has 110 valence electrons. The molecule has 0 radical (unpaired) electrons. The van der Waals surface area contributed by atoms with Gasteiger partial charge >= 0.3 is 0 Å². The Morgan fingerprint density at radius 2 is 2.00 bits per heavy atom. The van der Waals surface area contributed by atoms with Crippen LogP contribution in [0, 0.1) is 0 Å². The maximum atomic E-state index is 10.5. The summed E-state index contributed by atoms with van der Waals surface area (Å²) in [5.41, 5.74) is 3.93. The van der Waals surface area contributed by atoms with Crippen molar-refractivity contribution < 1.29 is 5.11 Å². The summed E-state index contributed by atoms with van der Waals surface area (Å²) in [7, 11) is 0. The van der Waals surface area contributed by atoms with Crippen LogP contribution in [-0.2, 0) is 12.8 Å². The SMILES string of the molecule is CC(NCC1(O)CCSCC1)c1ccc2c(c1)CCC2. The monoisotopic (exact) mass is 291 g/mol. The van der Waals surface area contributed by atoms with Crippen LogP contribution in [0.2, 0.25) is 0 Å². The number of benzene rings is 1. The average Bonchev–Trinajstić information content (AvgIpc) is 2.93. The summed E-state index contributed by atoms with van der Waals surface area (Å²) in [4.78, 5) is 0. The van der Waals surface area contributed by atoms with Crippen LogP contribution in [0.3, 0.4) is 0 Å². The zero-order valence-corrected chi connectivity index (χ0v) is 13.1. The lowest BCUT2D eigenvalue weighted by Gasteiger charge is -2.33. The molecule has 2 aliphatic rings. The number of aliphatic hydroxyl groups is 1. The standard InChI is InChI=1S/C17H25NOS/c1-13(18-12-17(19)7-9-20-10-8-17)15-6-5-14-3-2-4-16(14)11-15/h5-6,11,13,18-19H,2-4,7-10,12H2,1H3. The molecule has 0 amide bonds. The number of nitrogens with one attached hydrogen (secondary N) is 1. The van der Waals surface area contributed by atoms with Gasteiger partial charge in [0.1, 0.15) is 0 Å². The Morgan fingerprint density at radius 1 is 1.25 bits per heavy atom. The van der Waals surface area contributed by atoms with E-state index in [-0.39, 0.29) is 0 Å². The zero-order valence-electron chi connectivity index (χ0n) is 12.3. The molecule has 0 spiro atoms. The highest BCUT2D eigenvalue weighted by molar-refractivity contribution is 7.99. The van der Waals surface area contributed by atoms with E-state index in [9.17, 15) is 5.11 Å². The second-order valence-corrected chi connectivity index (χ2v) is 7.55. The zero-order chi connectivity index (χ0) is 14.0.